The molecule has 1 aromatic rings. The van der Waals surface area contributed by atoms with E-state index in [9.17, 15) is 19.2 Å². The van der Waals surface area contributed by atoms with E-state index in [4.69, 9.17) is 9.47 Å². The average molecular weight is 278 g/mol. The van der Waals surface area contributed by atoms with Gasteiger partial charge in [-0.1, -0.05) is 24.3 Å². The van der Waals surface area contributed by atoms with Crippen molar-refractivity contribution in [2.75, 3.05) is 26.4 Å². The summed E-state index contributed by atoms with van der Waals surface area (Å²) in [6.45, 7) is -0.629. The Labute approximate surface area is 115 Å². The zero-order valence-corrected chi connectivity index (χ0v) is 10.7. The molecule has 0 fully saturated rings. The highest BCUT2D eigenvalue weighted by Gasteiger charge is 2.09. The lowest BCUT2D eigenvalue weighted by Crippen LogP contribution is -2.12. The van der Waals surface area contributed by atoms with Crippen LogP contribution >= 0.6 is 0 Å². The van der Waals surface area contributed by atoms with Gasteiger partial charge in [0.2, 0.25) is 0 Å². The van der Waals surface area contributed by atoms with Gasteiger partial charge >= 0.3 is 0 Å². The number of Topliss-reactive ketones (excluding diaryl/α,β-unsaturated/α-hetero) is 2. The number of aldehydes is 2. The molecular formula is C14H14O6. The van der Waals surface area contributed by atoms with E-state index < -0.39 is 0 Å². The molecule has 0 saturated heterocycles. The molecule has 0 heterocycles. The Morgan fingerprint density at radius 1 is 0.800 bits per heavy atom. The van der Waals surface area contributed by atoms with Crippen molar-refractivity contribution in [3.05, 3.63) is 35.4 Å². The first-order valence-electron chi connectivity index (χ1n) is 5.88. The number of hydrogen-bond donors (Lipinski definition) is 0. The Bertz CT molecular complexity index is 432. The average Bonchev–Trinajstić information content (AvgIpc) is 2.47. The lowest BCUT2D eigenvalue weighted by molar-refractivity contribution is -0.112. The number of rotatable bonds is 10. The molecular weight excluding hydrogens is 264 g/mol. The molecule has 6 nitrogen and oxygen atoms in total. The predicted octanol–water partition coefficient (Wildman–Crippen LogP) is 0.483. The third-order valence-corrected chi connectivity index (χ3v) is 2.37. The third-order valence-electron chi connectivity index (χ3n) is 2.37. The number of ketones is 2. The Morgan fingerprint density at radius 3 is 1.45 bits per heavy atom. The number of ether oxygens (including phenoxy) is 2. The molecule has 0 aromatic heterocycles. The summed E-state index contributed by atoms with van der Waals surface area (Å²) in [4.78, 5) is 43.3. The van der Waals surface area contributed by atoms with Crippen LogP contribution in [0.5, 0.6) is 0 Å². The van der Waals surface area contributed by atoms with Crippen LogP contribution in [0.15, 0.2) is 24.3 Å². The monoisotopic (exact) mass is 278 g/mol. The van der Waals surface area contributed by atoms with Crippen molar-refractivity contribution in [1.82, 2.24) is 0 Å². The second kappa shape index (κ2) is 8.84. The minimum Gasteiger partial charge on any atom is -0.366 e. The number of hydrogen-bond acceptors (Lipinski definition) is 6. The van der Waals surface area contributed by atoms with Crippen molar-refractivity contribution in [1.29, 1.82) is 0 Å². The molecule has 0 N–H and O–H groups in total. The highest BCUT2D eigenvalue weighted by Crippen LogP contribution is 2.07. The Hall–Kier alpha value is -2.18. The van der Waals surface area contributed by atoms with E-state index >= 15 is 0 Å². The molecule has 0 unspecified atom stereocenters. The molecule has 0 atom stereocenters. The van der Waals surface area contributed by atoms with Gasteiger partial charge in [-0.3, -0.25) is 9.59 Å². The van der Waals surface area contributed by atoms with Gasteiger partial charge in [-0.05, 0) is 0 Å². The van der Waals surface area contributed by atoms with Crippen LogP contribution in [0.1, 0.15) is 20.7 Å². The predicted molar refractivity (Wildman–Crippen MR) is 68.9 cm³/mol. The zero-order valence-electron chi connectivity index (χ0n) is 10.7. The van der Waals surface area contributed by atoms with Crippen LogP contribution in [0, 0.1) is 0 Å². The van der Waals surface area contributed by atoms with E-state index in [1.54, 1.807) is 0 Å². The lowest BCUT2D eigenvalue weighted by Gasteiger charge is -2.03. The fraction of sp³-hybridized carbons (Fsp3) is 0.286. The second-order valence-corrected chi connectivity index (χ2v) is 3.79. The second-order valence-electron chi connectivity index (χ2n) is 3.79. The molecule has 0 aliphatic rings. The van der Waals surface area contributed by atoms with Gasteiger partial charge in [-0.15, -0.1) is 0 Å². The van der Waals surface area contributed by atoms with Crippen molar-refractivity contribution >= 4 is 24.1 Å². The molecule has 0 amide bonds. The maximum atomic E-state index is 11.6. The number of benzene rings is 1. The molecule has 1 aromatic carbocycles. The van der Waals surface area contributed by atoms with E-state index in [0.29, 0.717) is 23.7 Å². The molecule has 6 heteroatoms. The smallest absolute Gasteiger partial charge is 0.188 e. The summed E-state index contributed by atoms with van der Waals surface area (Å²) in [6.07, 6.45) is 1.13. The van der Waals surface area contributed by atoms with E-state index in [-0.39, 0.29) is 38.0 Å². The molecule has 0 bridgehead atoms. The van der Waals surface area contributed by atoms with Crippen molar-refractivity contribution in [2.45, 2.75) is 0 Å². The van der Waals surface area contributed by atoms with Crippen LogP contribution in [-0.2, 0) is 19.1 Å². The first-order valence-corrected chi connectivity index (χ1v) is 5.88. The SMILES string of the molecule is O=CCOCC(=O)c1ccc(C(=O)COCC=O)cc1. The molecule has 0 aliphatic heterocycles. The first kappa shape index (κ1) is 15.9. The van der Waals surface area contributed by atoms with Crippen LogP contribution in [0.2, 0.25) is 0 Å². The molecule has 0 spiro atoms. The van der Waals surface area contributed by atoms with Crippen molar-refractivity contribution < 1.29 is 28.7 Å². The summed E-state index contributed by atoms with van der Waals surface area (Å²) in [5, 5.41) is 0. The summed E-state index contributed by atoms with van der Waals surface area (Å²) in [7, 11) is 0. The van der Waals surface area contributed by atoms with Gasteiger partial charge in [-0.25, -0.2) is 0 Å². The third kappa shape index (κ3) is 5.21. The van der Waals surface area contributed by atoms with Crippen LogP contribution in [0.25, 0.3) is 0 Å². The quantitative estimate of drug-likeness (QED) is 0.351. The standard InChI is InChI=1S/C14H14O6/c15-5-7-19-9-13(17)11-1-2-12(4-3-11)14(18)10-20-8-6-16/h1-6H,7-10H2. The molecule has 1 rings (SSSR count). The summed E-state index contributed by atoms with van der Waals surface area (Å²) in [5.74, 6) is -0.550. The van der Waals surface area contributed by atoms with Gasteiger partial charge in [0.05, 0.1) is 0 Å². The minimum absolute atomic E-state index is 0.129. The summed E-state index contributed by atoms with van der Waals surface area (Å²) in [5.41, 5.74) is 0.780. The maximum absolute atomic E-state index is 11.6. The first-order chi connectivity index (χ1) is 9.69. The Kier molecular flexibility index (Phi) is 7.02. The van der Waals surface area contributed by atoms with Crippen molar-refractivity contribution in [2.24, 2.45) is 0 Å². The lowest BCUT2D eigenvalue weighted by atomic mass is 10.1. The molecule has 0 saturated carbocycles. The fourth-order valence-electron chi connectivity index (χ4n) is 1.41. The van der Waals surface area contributed by atoms with Crippen molar-refractivity contribution in [3.8, 4) is 0 Å². The van der Waals surface area contributed by atoms with Gasteiger partial charge in [-0.2, -0.15) is 0 Å². The zero-order chi connectivity index (χ0) is 14.8. The van der Waals surface area contributed by atoms with Gasteiger partial charge in [0, 0.05) is 11.1 Å². The molecule has 106 valence electrons. The minimum atomic E-state index is -0.275. The summed E-state index contributed by atoms with van der Waals surface area (Å²) < 4.78 is 9.61. The van der Waals surface area contributed by atoms with Crippen LogP contribution in [0.3, 0.4) is 0 Å². The van der Waals surface area contributed by atoms with Crippen LogP contribution in [0.4, 0.5) is 0 Å². The molecule has 0 radical (unpaired) electrons. The van der Waals surface area contributed by atoms with Gasteiger partial charge < -0.3 is 19.1 Å². The number of carbonyl (C=O) groups excluding carboxylic acids is 4. The van der Waals surface area contributed by atoms with Crippen LogP contribution < -0.4 is 0 Å². The Morgan fingerprint density at radius 2 is 1.15 bits per heavy atom. The normalized spacial score (nSPS) is 10.0. The fourth-order valence-corrected chi connectivity index (χ4v) is 1.41. The summed E-state index contributed by atoms with van der Waals surface area (Å²) in [6, 6.07) is 6.00. The highest BCUT2D eigenvalue weighted by atomic mass is 16.5. The van der Waals surface area contributed by atoms with Gasteiger partial charge in [0.15, 0.2) is 11.6 Å². The van der Waals surface area contributed by atoms with E-state index in [1.807, 2.05) is 0 Å². The summed E-state index contributed by atoms with van der Waals surface area (Å²) >= 11 is 0. The largest absolute Gasteiger partial charge is 0.366 e. The van der Waals surface area contributed by atoms with Crippen molar-refractivity contribution in [3.63, 3.8) is 0 Å². The maximum Gasteiger partial charge on any atom is 0.188 e. The van der Waals surface area contributed by atoms with E-state index in [2.05, 4.69) is 0 Å². The van der Waals surface area contributed by atoms with Crippen LogP contribution in [-0.4, -0.2) is 50.6 Å². The van der Waals surface area contributed by atoms with E-state index in [1.165, 1.54) is 24.3 Å². The van der Waals surface area contributed by atoms with E-state index in [0.717, 1.165) is 0 Å². The Balaban J connectivity index is 2.54. The molecule has 0 aliphatic carbocycles. The highest BCUT2D eigenvalue weighted by molar-refractivity contribution is 6.00. The molecule has 20 heavy (non-hydrogen) atoms. The van der Waals surface area contributed by atoms with Gasteiger partial charge in [0.25, 0.3) is 0 Å². The topological polar surface area (TPSA) is 86.7 Å². The van der Waals surface area contributed by atoms with Gasteiger partial charge in [0.1, 0.15) is 39.0 Å². The number of carbonyl (C=O) groups is 4.